The van der Waals surface area contributed by atoms with Crippen LogP contribution in [0.2, 0.25) is 0 Å². The Hall–Kier alpha value is -2.13. The minimum Gasteiger partial charge on any atom is -0.476 e. The van der Waals surface area contributed by atoms with Crippen LogP contribution in [0, 0.1) is 5.41 Å². The molecule has 8 nitrogen and oxygen atoms in total. The van der Waals surface area contributed by atoms with Crippen LogP contribution in [-0.4, -0.2) is 62.8 Å². The maximum atomic E-state index is 11.9. The fourth-order valence-electron chi connectivity index (χ4n) is 1.96. The summed E-state index contributed by atoms with van der Waals surface area (Å²) in [4.78, 5) is 11.9. The third kappa shape index (κ3) is 11.2. The van der Waals surface area contributed by atoms with Gasteiger partial charge in [0.2, 0.25) is 0 Å². The average molecular weight is 386 g/mol. The summed E-state index contributed by atoms with van der Waals surface area (Å²) in [5.74, 6) is -0.715. The number of rotatable bonds is 18. The fraction of sp³-hybridized carbons (Fsp3) is 0.526. The Kier molecular flexibility index (Phi) is 13.8. The Morgan fingerprint density at radius 2 is 1.48 bits per heavy atom. The molecule has 0 aromatic carbocycles. The van der Waals surface area contributed by atoms with Gasteiger partial charge in [0.05, 0.1) is 49.9 Å². The zero-order chi connectivity index (χ0) is 20.5. The van der Waals surface area contributed by atoms with E-state index in [0.717, 1.165) is 0 Å². The first-order valence-corrected chi connectivity index (χ1v) is 8.28. The summed E-state index contributed by atoms with van der Waals surface area (Å²) in [7, 11) is 0. The zero-order valence-electron chi connectivity index (χ0n) is 15.7. The molecule has 0 saturated carbocycles. The van der Waals surface area contributed by atoms with Crippen molar-refractivity contribution in [2.24, 2.45) is 5.41 Å². The number of carbonyl (C=O) groups excluding carboxylic acids is 1. The number of esters is 1. The highest BCUT2D eigenvalue weighted by Crippen LogP contribution is 2.28. The second-order valence-corrected chi connectivity index (χ2v) is 5.85. The van der Waals surface area contributed by atoms with Crippen molar-refractivity contribution in [1.29, 1.82) is 0 Å². The highest BCUT2D eigenvalue weighted by Gasteiger charge is 2.33. The lowest BCUT2D eigenvalue weighted by Crippen LogP contribution is -2.39. The normalized spacial score (nSPS) is 10.7. The van der Waals surface area contributed by atoms with Crippen molar-refractivity contribution in [3.63, 3.8) is 0 Å². The van der Waals surface area contributed by atoms with E-state index < -0.39 is 18.0 Å². The van der Waals surface area contributed by atoms with Crippen molar-refractivity contribution >= 4 is 5.97 Å². The molecule has 0 aliphatic rings. The smallest absolute Gasteiger partial charge is 0.335 e. The summed E-state index contributed by atoms with van der Waals surface area (Å²) < 4.78 is 26.2. The summed E-state index contributed by atoms with van der Waals surface area (Å²) in [6.07, 6.45) is 3.41. The third-order valence-electron chi connectivity index (χ3n) is 3.58. The van der Waals surface area contributed by atoms with Crippen molar-refractivity contribution in [2.75, 3.05) is 46.6 Å². The average Bonchev–Trinajstić information content (AvgIpc) is 2.69. The van der Waals surface area contributed by atoms with Crippen LogP contribution in [0.5, 0.6) is 0 Å². The van der Waals surface area contributed by atoms with E-state index in [1.807, 2.05) is 0 Å². The first-order chi connectivity index (χ1) is 12.9. The second kappa shape index (κ2) is 15.0. The Balaban J connectivity index is 5.14. The quantitative estimate of drug-likeness (QED) is 0.0915. The van der Waals surface area contributed by atoms with Gasteiger partial charge in [-0.3, -0.25) is 0 Å². The van der Waals surface area contributed by atoms with E-state index in [1.165, 1.54) is 12.5 Å². The number of aliphatic hydroxyl groups excluding tert-OH is 2. The minimum atomic E-state index is -0.765. The van der Waals surface area contributed by atoms with Crippen LogP contribution in [0.1, 0.15) is 12.8 Å². The SMILES string of the molecule is C=COCOCC(CCC(=C)CO)(COCOC=C)COC(=O)C(=C)CO. The van der Waals surface area contributed by atoms with Crippen LogP contribution in [0.15, 0.2) is 50.0 Å². The molecule has 154 valence electrons. The van der Waals surface area contributed by atoms with Gasteiger partial charge in [-0.15, -0.1) is 0 Å². The van der Waals surface area contributed by atoms with Gasteiger partial charge in [-0.25, -0.2) is 4.79 Å². The van der Waals surface area contributed by atoms with Gasteiger partial charge >= 0.3 is 5.97 Å². The van der Waals surface area contributed by atoms with Crippen molar-refractivity contribution in [1.82, 2.24) is 0 Å². The molecule has 0 rings (SSSR count). The molecule has 0 unspecified atom stereocenters. The van der Waals surface area contributed by atoms with E-state index >= 15 is 0 Å². The van der Waals surface area contributed by atoms with Crippen LogP contribution in [0.3, 0.4) is 0 Å². The van der Waals surface area contributed by atoms with Gasteiger partial charge in [-0.05, 0) is 12.8 Å². The van der Waals surface area contributed by atoms with Gasteiger partial charge in [0.15, 0.2) is 13.6 Å². The Morgan fingerprint density at radius 3 is 1.93 bits per heavy atom. The summed E-state index contributed by atoms with van der Waals surface area (Å²) in [6, 6.07) is 0. The van der Waals surface area contributed by atoms with Gasteiger partial charge in [0.25, 0.3) is 0 Å². The van der Waals surface area contributed by atoms with E-state index in [9.17, 15) is 9.90 Å². The van der Waals surface area contributed by atoms with Crippen LogP contribution in [0.25, 0.3) is 0 Å². The van der Waals surface area contributed by atoms with E-state index in [4.69, 9.17) is 28.8 Å². The zero-order valence-corrected chi connectivity index (χ0v) is 15.7. The molecule has 0 aromatic rings. The van der Waals surface area contributed by atoms with Gasteiger partial charge in [0, 0.05) is 0 Å². The van der Waals surface area contributed by atoms with Crippen molar-refractivity contribution in [3.8, 4) is 0 Å². The molecule has 2 N–H and O–H groups in total. The lowest BCUT2D eigenvalue weighted by Gasteiger charge is -2.33. The molecule has 0 fully saturated rings. The van der Waals surface area contributed by atoms with E-state index in [2.05, 4.69) is 26.3 Å². The minimum absolute atomic E-state index is 0.0351. The molecular weight excluding hydrogens is 356 g/mol. The molecule has 0 aromatic heterocycles. The van der Waals surface area contributed by atoms with Crippen molar-refractivity contribution in [3.05, 3.63) is 50.0 Å². The molecule has 0 bridgehead atoms. The first-order valence-electron chi connectivity index (χ1n) is 8.28. The predicted octanol–water partition coefficient (Wildman–Crippen LogP) is 1.66. The van der Waals surface area contributed by atoms with Crippen molar-refractivity contribution < 1.29 is 38.7 Å². The highest BCUT2D eigenvalue weighted by molar-refractivity contribution is 5.87. The largest absolute Gasteiger partial charge is 0.476 e. The first kappa shape index (κ1) is 24.9. The number of ether oxygens (including phenoxy) is 5. The molecule has 0 spiro atoms. The van der Waals surface area contributed by atoms with Gasteiger partial charge in [-0.2, -0.15) is 0 Å². The van der Waals surface area contributed by atoms with Gasteiger partial charge in [-0.1, -0.05) is 31.9 Å². The maximum absolute atomic E-state index is 11.9. The van der Waals surface area contributed by atoms with Gasteiger partial charge in [0.1, 0.15) is 6.61 Å². The number of aliphatic hydroxyl groups is 2. The Labute approximate surface area is 160 Å². The summed E-state index contributed by atoms with van der Waals surface area (Å²) in [5, 5.41) is 18.2. The maximum Gasteiger partial charge on any atom is 0.335 e. The molecule has 8 heteroatoms. The lowest BCUT2D eigenvalue weighted by molar-refractivity contribution is -0.153. The summed E-state index contributed by atoms with van der Waals surface area (Å²) in [5.41, 5.74) is -0.205. The van der Waals surface area contributed by atoms with Crippen LogP contribution in [0.4, 0.5) is 0 Å². The molecule has 0 atom stereocenters. The fourth-order valence-corrected chi connectivity index (χ4v) is 1.96. The Bertz CT molecular complexity index is 470. The molecule has 27 heavy (non-hydrogen) atoms. The predicted molar refractivity (Wildman–Crippen MR) is 99.3 cm³/mol. The lowest BCUT2D eigenvalue weighted by atomic mass is 9.84. The monoisotopic (exact) mass is 386 g/mol. The third-order valence-corrected chi connectivity index (χ3v) is 3.58. The number of carbonyl (C=O) groups is 1. The van der Waals surface area contributed by atoms with Gasteiger partial charge < -0.3 is 33.9 Å². The topological polar surface area (TPSA) is 104 Å². The van der Waals surface area contributed by atoms with Crippen LogP contribution in [-0.2, 0) is 28.5 Å². The van der Waals surface area contributed by atoms with Crippen LogP contribution < -0.4 is 0 Å². The highest BCUT2D eigenvalue weighted by atomic mass is 16.7. The Morgan fingerprint density at radius 1 is 0.926 bits per heavy atom. The molecule has 0 heterocycles. The number of hydrogen-bond acceptors (Lipinski definition) is 8. The molecule has 0 amide bonds. The second-order valence-electron chi connectivity index (χ2n) is 5.85. The molecule has 0 radical (unpaired) electrons. The summed E-state index contributed by atoms with van der Waals surface area (Å²) >= 11 is 0. The molecular formula is C19H30O8. The number of hydrogen-bond donors (Lipinski definition) is 2. The summed E-state index contributed by atoms with van der Waals surface area (Å²) in [6.45, 7) is 13.5. The van der Waals surface area contributed by atoms with Crippen molar-refractivity contribution in [2.45, 2.75) is 12.8 Å². The molecule has 0 aliphatic heterocycles. The molecule has 0 aliphatic carbocycles. The van der Waals surface area contributed by atoms with E-state index in [1.54, 1.807) is 0 Å². The van der Waals surface area contributed by atoms with Crippen LogP contribution >= 0.6 is 0 Å². The van der Waals surface area contributed by atoms with E-state index in [-0.39, 0.29) is 45.6 Å². The standard InChI is InChI=1S/C19H30O8/c1-5-23-14-25-11-19(8-7-16(3)9-20,12-26-15-24-6-2)13-27-18(22)17(4)10-21/h5-6,20-21H,1-4,7-15H2. The molecule has 0 saturated heterocycles. The van der Waals surface area contributed by atoms with E-state index in [0.29, 0.717) is 18.4 Å².